The Morgan fingerprint density at radius 1 is 1.06 bits per heavy atom. The number of hydrogen-bond acceptors (Lipinski definition) is 12. The molecule has 1 aliphatic rings. The van der Waals surface area contributed by atoms with Crippen molar-refractivity contribution in [3.63, 3.8) is 0 Å². The van der Waals surface area contributed by atoms with Crippen LogP contribution in [0.15, 0.2) is 30.5 Å². The van der Waals surface area contributed by atoms with Gasteiger partial charge in [-0.25, -0.2) is 9.78 Å². The zero-order valence-electron chi connectivity index (χ0n) is 28.3. The lowest BCUT2D eigenvalue weighted by Gasteiger charge is -2.34. The second-order valence-electron chi connectivity index (χ2n) is 12.0. The molecule has 0 bridgehead atoms. The van der Waals surface area contributed by atoms with E-state index in [1.54, 1.807) is 7.11 Å². The fourth-order valence-corrected chi connectivity index (χ4v) is 6.81. The van der Waals surface area contributed by atoms with Gasteiger partial charge in [0.15, 0.2) is 5.82 Å². The van der Waals surface area contributed by atoms with Crippen molar-refractivity contribution < 1.29 is 23.8 Å². The number of nitrogen functional groups attached to an aromatic ring is 1. The SMILES string of the molecule is CCCCCNc1nc(N)nc2ccn(Cc3ccc(CN4CCN(CCNC(=O)C(CC)SCC(N)C(=O)OF)CC4)cc3OC)c12. The minimum absolute atomic E-state index is 0.109. The van der Waals surface area contributed by atoms with E-state index in [1.807, 2.05) is 19.2 Å². The lowest BCUT2D eigenvalue weighted by atomic mass is 10.1. The predicted octanol–water partition coefficient (Wildman–Crippen LogP) is 3.17. The van der Waals surface area contributed by atoms with Crippen LogP contribution in [0.1, 0.15) is 50.7 Å². The summed E-state index contributed by atoms with van der Waals surface area (Å²) in [5.74, 6) is 0.720. The van der Waals surface area contributed by atoms with Crippen molar-refractivity contribution in [1.82, 2.24) is 29.7 Å². The fourth-order valence-electron chi connectivity index (χ4n) is 5.77. The van der Waals surface area contributed by atoms with Gasteiger partial charge in [0.25, 0.3) is 0 Å². The molecule has 0 radical (unpaired) electrons. The molecule has 1 amide bonds. The van der Waals surface area contributed by atoms with Crippen LogP contribution < -0.4 is 26.8 Å². The van der Waals surface area contributed by atoms with Gasteiger partial charge in [-0.3, -0.25) is 19.5 Å². The molecule has 0 saturated carbocycles. The Balaban J connectivity index is 1.26. The third kappa shape index (κ3) is 10.4. The summed E-state index contributed by atoms with van der Waals surface area (Å²) in [6.07, 6.45) is 5.96. The number of nitrogens with zero attached hydrogens (tertiary/aromatic N) is 5. The molecule has 13 nitrogen and oxygen atoms in total. The average Bonchev–Trinajstić information content (AvgIpc) is 3.49. The first kappa shape index (κ1) is 37.2. The lowest BCUT2D eigenvalue weighted by molar-refractivity contribution is -0.184. The van der Waals surface area contributed by atoms with E-state index in [0.717, 1.165) is 93.2 Å². The number of benzene rings is 1. The summed E-state index contributed by atoms with van der Waals surface area (Å²) in [6, 6.07) is 7.29. The number of hydrogen-bond donors (Lipinski definition) is 4. The number of carbonyl (C=O) groups is 2. The molecular weight excluding hydrogens is 637 g/mol. The molecule has 6 N–H and O–H groups in total. The molecule has 48 heavy (non-hydrogen) atoms. The van der Waals surface area contributed by atoms with E-state index < -0.39 is 12.0 Å². The van der Waals surface area contributed by atoms with Crippen LogP contribution in [0.3, 0.4) is 0 Å². The summed E-state index contributed by atoms with van der Waals surface area (Å²) in [5, 5.41) is 6.08. The number of fused-ring (bicyclic) bond motifs is 1. The highest BCUT2D eigenvalue weighted by molar-refractivity contribution is 8.00. The van der Waals surface area contributed by atoms with Gasteiger partial charge in [-0.15, -0.1) is 11.8 Å². The van der Waals surface area contributed by atoms with E-state index >= 15 is 0 Å². The van der Waals surface area contributed by atoms with Gasteiger partial charge in [-0.05, 0) is 30.5 Å². The Hall–Kier alpha value is -3.66. The van der Waals surface area contributed by atoms with E-state index in [2.05, 4.69) is 65.0 Å². The second-order valence-corrected chi connectivity index (χ2v) is 13.3. The van der Waals surface area contributed by atoms with Gasteiger partial charge < -0.3 is 31.4 Å². The summed E-state index contributed by atoms with van der Waals surface area (Å²) in [7, 11) is 1.71. The number of thioether (sulfide) groups is 1. The van der Waals surface area contributed by atoms with E-state index in [4.69, 9.17) is 16.2 Å². The molecule has 4 rings (SSSR count). The van der Waals surface area contributed by atoms with Gasteiger partial charge in [0, 0.05) is 74.4 Å². The third-order valence-electron chi connectivity index (χ3n) is 8.51. The van der Waals surface area contributed by atoms with Crippen molar-refractivity contribution in [3.05, 3.63) is 41.6 Å². The molecule has 2 aromatic heterocycles. The number of amides is 1. The summed E-state index contributed by atoms with van der Waals surface area (Å²) < 4.78 is 20.0. The number of nitrogens with two attached hydrogens (primary N) is 2. The molecule has 0 aliphatic carbocycles. The highest BCUT2D eigenvalue weighted by Gasteiger charge is 2.23. The van der Waals surface area contributed by atoms with E-state index in [9.17, 15) is 14.1 Å². The quantitative estimate of drug-likeness (QED) is 0.136. The molecule has 264 valence electrons. The topological polar surface area (TPSA) is 166 Å². The Morgan fingerprint density at radius 3 is 2.54 bits per heavy atom. The maximum absolute atomic E-state index is 12.6. The number of nitrogens with one attached hydrogen (secondary N) is 2. The van der Waals surface area contributed by atoms with Gasteiger partial charge in [0.2, 0.25) is 11.9 Å². The van der Waals surface area contributed by atoms with Crippen LogP contribution in [0.5, 0.6) is 5.75 Å². The zero-order valence-corrected chi connectivity index (χ0v) is 29.1. The van der Waals surface area contributed by atoms with Gasteiger partial charge in [-0.2, -0.15) is 4.98 Å². The molecule has 0 spiro atoms. The number of anilines is 2. The first-order valence-corrected chi connectivity index (χ1v) is 17.7. The highest BCUT2D eigenvalue weighted by atomic mass is 32.2. The molecule has 2 unspecified atom stereocenters. The summed E-state index contributed by atoms with van der Waals surface area (Å²) in [5.41, 5.74) is 15.6. The minimum Gasteiger partial charge on any atom is -0.496 e. The Kier molecular flexibility index (Phi) is 14.5. The largest absolute Gasteiger partial charge is 0.496 e. The van der Waals surface area contributed by atoms with Gasteiger partial charge >= 0.3 is 5.97 Å². The normalized spacial score (nSPS) is 15.3. The molecule has 3 heterocycles. The van der Waals surface area contributed by atoms with Crippen molar-refractivity contribution in [2.75, 3.05) is 69.7 Å². The maximum atomic E-state index is 12.6. The Bertz CT molecular complexity index is 1480. The highest BCUT2D eigenvalue weighted by Crippen LogP contribution is 2.27. The molecule has 15 heteroatoms. The summed E-state index contributed by atoms with van der Waals surface area (Å²) >= 11 is 1.23. The van der Waals surface area contributed by atoms with Crippen LogP contribution in [0, 0.1) is 0 Å². The van der Waals surface area contributed by atoms with Crippen molar-refractivity contribution >= 4 is 46.4 Å². The van der Waals surface area contributed by atoms with Gasteiger partial charge in [-0.1, -0.05) is 38.8 Å². The molecule has 1 aromatic carbocycles. The van der Waals surface area contributed by atoms with Crippen LogP contribution in [0.2, 0.25) is 0 Å². The number of carbonyl (C=O) groups excluding carboxylic acids is 2. The number of methoxy groups -OCH3 is 1. The molecule has 1 saturated heterocycles. The van der Waals surface area contributed by atoms with Crippen molar-refractivity contribution in [2.24, 2.45) is 5.73 Å². The first-order valence-electron chi connectivity index (χ1n) is 16.7. The predicted molar refractivity (Wildman–Crippen MR) is 188 cm³/mol. The first-order chi connectivity index (χ1) is 23.3. The van der Waals surface area contributed by atoms with Gasteiger partial charge in [0.1, 0.15) is 17.3 Å². The van der Waals surface area contributed by atoms with Crippen molar-refractivity contribution in [3.8, 4) is 5.75 Å². The standard InChI is InChI=1S/C33H50FN9O4S/c1-4-6-7-11-37-30-29-26(39-33(36)40-30)10-13-43(29)21-24-9-8-23(19-27(24)46-3)20-42-17-15-41(16-18-42)14-12-38-31(44)28(5-2)48-22-25(35)32(45)47-34/h8-10,13,19,25,28H,4-7,11-12,14-18,20-22,35H2,1-3H3,(H,38,44)(H3,36,37,39,40). The van der Waals surface area contributed by atoms with E-state index in [0.29, 0.717) is 19.5 Å². The maximum Gasteiger partial charge on any atom is 0.366 e. The molecular formula is C33H50FN9O4S. The van der Waals surface area contributed by atoms with E-state index in [-0.39, 0.29) is 22.9 Å². The summed E-state index contributed by atoms with van der Waals surface area (Å²) in [4.78, 5) is 40.7. The van der Waals surface area contributed by atoms with Crippen molar-refractivity contribution in [1.29, 1.82) is 0 Å². The van der Waals surface area contributed by atoms with Gasteiger partial charge in [0.05, 0.1) is 24.4 Å². The lowest BCUT2D eigenvalue weighted by Crippen LogP contribution is -2.48. The molecule has 3 aromatic rings. The second kappa shape index (κ2) is 18.8. The summed E-state index contributed by atoms with van der Waals surface area (Å²) in [6.45, 7) is 11.2. The Labute approximate surface area is 286 Å². The number of ether oxygens (including phenoxy) is 1. The average molecular weight is 688 g/mol. The minimum atomic E-state index is -1.13. The van der Waals surface area contributed by atoms with E-state index in [1.165, 1.54) is 17.3 Å². The van der Waals surface area contributed by atoms with Crippen LogP contribution in [-0.2, 0) is 27.6 Å². The molecule has 1 fully saturated rings. The number of halogens is 1. The van der Waals surface area contributed by atoms with Crippen LogP contribution in [0.4, 0.5) is 16.3 Å². The number of rotatable bonds is 19. The fraction of sp³-hybridized carbons (Fsp3) is 0.576. The number of piperazine rings is 1. The Morgan fingerprint density at radius 2 is 1.83 bits per heavy atom. The third-order valence-corrected chi connectivity index (χ3v) is 10.0. The molecule has 1 aliphatic heterocycles. The zero-order chi connectivity index (χ0) is 34.5. The molecule has 2 atom stereocenters. The smallest absolute Gasteiger partial charge is 0.366 e. The monoisotopic (exact) mass is 687 g/mol. The number of unbranched alkanes of at least 4 members (excludes halogenated alkanes) is 2. The van der Waals surface area contributed by atoms with Crippen LogP contribution in [-0.4, -0.2) is 106 Å². The number of aromatic nitrogens is 3. The van der Waals surface area contributed by atoms with Crippen LogP contribution >= 0.6 is 11.8 Å². The van der Waals surface area contributed by atoms with Crippen molar-refractivity contribution in [2.45, 2.75) is 63.9 Å². The van der Waals surface area contributed by atoms with Crippen LogP contribution in [0.25, 0.3) is 11.0 Å².